The first-order valence-electron chi connectivity index (χ1n) is 5.24. The predicted octanol–water partition coefficient (Wildman–Crippen LogP) is 2.28. The Hall–Kier alpha value is -1.97. The van der Waals surface area contributed by atoms with Gasteiger partial charge in [0.15, 0.2) is 0 Å². The van der Waals surface area contributed by atoms with E-state index in [9.17, 15) is 4.79 Å². The van der Waals surface area contributed by atoms with Crippen molar-refractivity contribution < 1.29 is 19.4 Å². The van der Waals surface area contributed by atoms with Gasteiger partial charge >= 0.3 is 5.97 Å². The largest absolute Gasteiger partial charge is 0.497 e. The Bertz CT molecular complexity index is 412. The van der Waals surface area contributed by atoms with Crippen LogP contribution in [0, 0.1) is 0 Å². The summed E-state index contributed by atoms with van der Waals surface area (Å²) in [6.07, 6.45) is 1.38. The maximum atomic E-state index is 10.7. The van der Waals surface area contributed by atoms with Gasteiger partial charge in [-0.3, -0.25) is 4.79 Å². The summed E-state index contributed by atoms with van der Waals surface area (Å²) in [6.45, 7) is 5.45. The number of carbonyl (C=O) groups is 1. The first-order chi connectivity index (χ1) is 8.06. The van der Waals surface area contributed by atoms with Crippen LogP contribution in [0.4, 0.5) is 0 Å². The minimum Gasteiger partial charge on any atom is -0.497 e. The first kappa shape index (κ1) is 13.1. The van der Waals surface area contributed by atoms with E-state index < -0.39 is 5.97 Å². The number of carboxylic acids is 1. The fraction of sp³-hybridized carbons (Fsp3) is 0.308. The number of methoxy groups -OCH3 is 1. The molecule has 0 aliphatic heterocycles. The van der Waals surface area contributed by atoms with Crippen molar-refractivity contribution in [2.24, 2.45) is 0 Å². The summed E-state index contributed by atoms with van der Waals surface area (Å²) in [5.74, 6) is 0.246. The first-order valence-corrected chi connectivity index (χ1v) is 5.24. The van der Waals surface area contributed by atoms with E-state index in [1.807, 2.05) is 6.92 Å². The zero-order valence-electron chi connectivity index (χ0n) is 9.97. The fourth-order valence-corrected chi connectivity index (χ4v) is 1.33. The van der Waals surface area contributed by atoms with Crippen LogP contribution in [0.3, 0.4) is 0 Å². The van der Waals surface area contributed by atoms with Crippen LogP contribution in [0.1, 0.15) is 12.5 Å². The molecule has 4 nitrogen and oxygen atoms in total. The number of ether oxygens (including phenoxy) is 2. The van der Waals surface area contributed by atoms with Gasteiger partial charge in [-0.05, 0) is 13.0 Å². The third-order valence-corrected chi connectivity index (χ3v) is 2.26. The molecular weight excluding hydrogens is 220 g/mol. The highest BCUT2D eigenvalue weighted by Gasteiger charge is 2.11. The van der Waals surface area contributed by atoms with Gasteiger partial charge in [-0.1, -0.05) is 18.7 Å². The van der Waals surface area contributed by atoms with Gasteiger partial charge in [0.05, 0.1) is 13.5 Å². The quantitative estimate of drug-likeness (QED) is 0.770. The van der Waals surface area contributed by atoms with Crippen LogP contribution in [0.2, 0.25) is 0 Å². The van der Waals surface area contributed by atoms with Gasteiger partial charge in [0.1, 0.15) is 17.6 Å². The molecular formula is C13H16O4. The molecule has 4 heteroatoms. The molecule has 0 fully saturated rings. The van der Waals surface area contributed by atoms with Gasteiger partial charge in [-0.15, -0.1) is 0 Å². The SMILES string of the molecule is C=CC(C)Oc1cc(OC)ccc1CC(=O)O. The number of rotatable bonds is 6. The van der Waals surface area contributed by atoms with Crippen molar-refractivity contribution in [1.29, 1.82) is 0 Å². The maximum Gasteiger partial charge on any atom is 0.307 e. The number of carboxylic acid groups (broad SMARTS) is 1. The van der Waals surface area contributed by atoms with Crippen molar-refractivity contribution in [2.75, 3.05) is 7.11 Å². The van der Waals surface area contributed by atoms with E-state index in [0.29, 0.717) is 17.1 Å². The highest BCUT2D eigenvalue weighted by Crippen LogP contribution is 2.26. The predicted molar refractivity (Wildman–Crippen MR) is 64.6 cm³/mol. The fourth-order valence-electron chi connectivity index (χ4n) is 1.33. The number of hydrogen-bond donors (Lipinski definition) is 1. The van der Waals surface area contributed by atoms with Crippen LogP contribution in [0.15, 0.2) is 30.9 Å². The third kappa shape index (κ3) is 3.83. The van der Waals surface area contributed by atoms with E-state index in [4.69, 9.17) is 14.6 Å². The second-order valence-corrected chi connectivity index (χ2v) is 3.60. The van der Waals surface area contributed by atoms with E-state index in [2.05, 4.69) is 6.58 Å². The van der Waals surface area contributed by atoms with Crippen molar-refractivity contribution in [3.05, 3.63) is 36.4 Å². The summed E-state index contributed by atoms with van der Waals surface area (Å²) in [7, 11) is 1.55. The lowest BCUT2D eigenvalue weighted by Gasteiger charge is -2.15. The molecule has 0 amide bonds. The summed E-state index contributed by atoms with van der Waals surface area (Å²) in [5.41, 5.74) is 0.618. The highest BCUT2D eigenvalue weighted by molar-refractivity contribution is 5.71. The molecule has 1 aromatic rings. The van der Waals surface area contributed by atoms with Crippen LogP contribution in [0.5, 0.6) is 11.5 Å². The van der Waals surface area contributed by atoms with Crippen LogP contribution in [-0.2, 0) is 11.2 Å². The summed E-state index contributed by atoms with van der Waals surface area (Å²) >= 11 is 0. The third-order valence-electron chi connectivity index (χ3n) is 2.26. The second kappa shape index (κ2) is 5.94. The summed E-state index contributed by atoms with van der Waals surface area (Å²) < 4.78 is 10.7. The Balaban J connectivity index is 3.01. The van der Waals surface area contributed by atoms with Gasteiger partial charge in [0.25, 0.3) is 0 Å². The van der Waals surface area contributed by atoms with Crippen LogP contribution >= 0.6 is 0 Å². The molecule has 0 heterocycles. The van der Waals surface area contributed by atoms with Crippen LogP contribution in [0.25, 0.3) is 0 Å². The van der Waals surface area contributed by atoms with Crippen LogP contribution in [-0.4, -0.2) is 24.3 Å². The van der Waals surface area contributed by atoms with E-state index in [1.54, 1.807) is 31.4 Å². The smallest absolute Gasteiger partial charge is 0.307 e. The maximum absolute atomic E-state index is 10.7. The number of hydrogen-bond acceptors (Lipinski definition) is 3. The summed E-state index contributed by atoms with van der Waals surface area (Å²) in [6, 6.07) is 5.08. The molecule has 0 bridgehead atoms. The van der Waals surface area contributed by atoms with Gasteiger partial charge in [0.2, 0.25) is 0 Å². The van der Waals surface area contributed by atoms with E-state index in [0.717, 1.165) is 0 Å². The lowest BCUT2D eigenvalue weighted by Crippen LogP contribution is -2.11. The monoisotopic (exact) mass is 236 g/mol. The minimum absolute atomic E-state index is 0.0802. The zero-order valence-corrected chi connectivity index (χ0v) is 9.97. The Morgan fingerprint density at radius 3 is 2.82 bits per heavy atom. The molecule has 0 aliphatic rings. The zero-order chi connectivity index (χ0) is 12.8. The van der Waals surface area contributed by atoms with E-state index in [1.165, 1.54) is 0 Å². The Morgan fingerprint density at radius 2 is 2.29 bits per heavy atom. The molecule has 0 aliphatic carbocycles. The molecule has 0 radical (unpaired) electrons. The van der Waals surface area contributed by atoms with Crippen molar-refractivity contribution in [1.82, 2.24) is 0 Å². The van der Waals surface area contributed by atoms with Gasteiger partial charge in [-0.2, -0.15) is 0 Å². The molecule has 0 aromatic heterocycles. The van der Waals surface area contributed by atoms with E-state index in [-0.39, 0.29) is 12.5 Å². The topological polar surface area (TPSA) is 55.8 Å². The van der Waals surface area contributed by atoms with Crippen molar-refractivity contribution in [3.63, 3.8) is 0 Å². The Labute approximate surface area is 100 Å². The second-order valence-electron chi connectivity index (χ2n) is 3.60. The molecule has 1 unspecified atom stereocenters. The molecule has 0 spiro atoms. The summed E-state index contributed by atoms with van der Waals surface area (Å²) in [4.78, 5) is 10.7. The van der Waals surface area contributed by atoms with Crippen molar-refractivity contribution in [3.8, 4) is 11.5 Å². The molecule has 0 saturated carbocycles. The minimum atomic E-state index is -0.897. The molecule has 1 aromatic carbocycles. The lowest BCUT2D eigenvalue weighted by atomic mass is 10.1. The van der Waals surface area contributed by atoms with Gasteiger partial charge in [-0.25, -0.2) is 0 Å². The molecule has 1 atom stereocenters. The summed E-state index contributed by atoms with van der Waals surface area (Å²) in [5, 5.41) is 8.80. The Morgan fingerprint density at radius 1 is 1.59 bits per heavy atom. The van der Waals surface area contributed by atoms with Gasteiger partial charge in [0, 0.05) is 11.6 Å². The van der Waals surface area contributed by atoms with Gasteiger partial charge < -0.3 is 14.6 Å². The highest BCUT2D eigenvalue weighted by atomic mass is 16.5. The number of aliphatic carboxylic acids is 1. The van der Waals surface area contributed by atoms with Crippen molar-refractivity contribution in [2.45, 2.75) is 19.4 Å². The average molecular weight is 236 g/mol. The average Bonchev–Trinajstić information content (AvgIpc) is 2.30. The lowest BCUT2D eigenvalue weighted by molar-refractivity contribution is -0.136. The van der Waals surface area contributed by atoms with E-state index >= 15 is 0 Å². The molecule has 17 heavy (non-hydrogen) atoms. The molecule has 0 saturated heterocycles. The number of benzene rings is 1. The van der Waals surface area contributed by atoms with Crippen molar-refractivity contribution >= 4 is 5.97 Å². The Kier molecular flexibility index (Phi) is 4.57. The molecule has 1 N–H and O–H groups in total. The molecule has 1 rings (SSSR count). The standard InChI is InChI=1S/C13H16O4/c1-4-9(2)17-12-8-11(16-3)6-5-10(12)7-13(14)15/h4-6,8-9H,1,7H2,2-3H3,(H,14,15). The normalized spacial score (nSPS) is 11.6. The van der Waals surface area contributed by atoms with Crippen LogP contribution < -0.4 is 9.47 Å². The molecule has 92 valence electrons.